The van der Waals surface area contributed by atoms with Crippen molar-refractivity contribution in [2.24, 2.45) is 11.8 Å². The van der Waals surface area contributed by atoms with Gasteiger partial charge in [0.05, 0.1) is 0 Å². The van der Waals surface area contributed by atoms with Crippen molar-refractivity contribution in [1.82, 2.24) is 10.2 Å². The molecule has 1 saturated carbocycles. The van der Waals surface area contributed by atoms with Crippen molar-refractivity contribution in [2.45, 2.75) is 58.2 Å². The van der Waals surface area contributed by atoms with Crippen LogP contribution in [-0.2, 0) is 0 Å². The average molecular weight is 286 g/mol. The molecule has 0 amide bonds. The summed E-state index contributed by atoms with van der Waals surface area (Å²) in [6.07, 6.45) is 4.19. The third-order valence-corrected chi connectivity index (χ3v) is 5.63. The van der Waals surface area contributed by atoms with Crippen molar-refractivity contribution in [1.29, 1.82) is 0 Å². The van der Waals surface area contributed by atoms with Crippen molar-refractivity contribution in [3.05, 3.63) is 35.9 Å². The molecule has 0 bridgehead atoms. The minimum Gasteiger partial charge on any atom is -0.307 e. The molecule has 1 saturated heterocycles. The van der Waals surface area contributed by atoms with E-state index < -0.39 is 0 Å². The molecule has 116 valence electrons. The molecule has 1 aliphatic carbocycles. The maximum absolute atomic E-state index is 3.74. The molecular formula is C19H30N2. The van der Waals surface area contributed by atoms with E-state index in [1.807, 2.05) is 0 Å². The fraction of sp³-hybridized carbons (Fsp3) is 0.684. The lowest BCUT2D eigenvalue weighted by Gasteiger charge is -2.48. The molecule has 1 N–H and O–H groups in total. The Morgan fingerprint density at radius 3 is 2.52 bits per heavy atom. The van der Waals surface area contributed by atoms with E-state index in [2.05, 4.69) is 61.3 Å². The van der Waals surface area contributed by atoms with Gasteiger partial charge in [0.2, 0.25) is 0 Å². The minimum absolute atomic E-state index is 0.494. The zero-order valence-corrected chi connectivity index (χ0v) is 13.8. The van der Waals surface area contributed by atoms with E-state index >= 15 is 0 Å². The Hall–Kier alpha value is -0.860. The highest BCUT2D eigenvalue weighted by molar-refractivity contribution is 5.20. The lowest BCUT2D eigenvalue weighted by molar-refractivity contribution is 0.0321. The first-order valence-electron chi connectivity index (χ1n) is 8.69. The summed E-state index contributed by atoms with van der Waals surface area (Å²) in [5.41, 5.74) is 1.44. The molecule has 5 atom stereocenters. The molecule has 1 heterocycles. The van der Waals surface area contributed by atoms with Crippen molar-refractivity contribution in [3.63, 3.8) is 0 Å². The molecule has 1 aromatic carbocycles. The third-order valence-electron chi connectivity index (χ3n) is 5.63. The monoisotopic (exact) mass is 286 g/mol. The van der Waals surface area contributed by atoms with Crippen molar-refractivity contribution in [3.8, 4) is 0 Å². The lowest BCUT2D eigenvalue weighted by atomic mass is 9.78. The van der Waals surface area contributed by atoms with E-state index in [1.54, 1.807) is 0 Å². The topological polar surface area (TPSA) is 15.3 Å². The summed E-state index contributed by atoms with van der Waals surface area (Å²) in [5, 5.41) is 3.74. The summed E-state index contributed by atoms with van der Waals surface area (Å²) in [5.74, 6) is 1.75. The van der Waals surface area contributed by atoms with Crippen molar-refractivity contribution < 1.29 is 0 Å². The van der Waals surface area contributed by atoms with Gasteiger partial charge in [-0.05, 0) is 43.6 Å². The molecule has 1 aliphatic heterocycles. The van der Waals surface area contributed by atoms with Gasteiger partial charge in [0.15, 0.2) is 0 Å². The molecule has 0 aromatic heterocycles. The number of piperazine rings is 1. The Labute approximate surface area is 129 Å². The van der Waals surface area contributed by atoms with Crippen LogP contribution >= 0.6 is 0 Å². The predicted octanol–water partition coefficient (Wildman–Crippen LogP) is 3.85. The molecule has 2 heteroatoms. The van der Waals surface area contributed by atoms with Crippen LogP contribution in [0.2, 0.25) is 0 Å². The van der Waals surface area contributed by atoms with Crippen LogP contribution in [0.3, 0.4) is 0 Å². The van der Waals surface area contributed by atoms with Gasteiger partial charge in [-0.3, -0.25) is 4.90 Å². The highest BCUT2D eigenvalue weighted by atomic mass is 15.3. The first kappa shape index (κ1) is 15.1. The van der Waals surface area contributed by atoms with Gasteiger partial charge < -0.3 is 5.32 Å². The maximum atomic E-state index is 3.74. The molecule has 2 fully saturated rings. The molecule has 0 radical (unpaired) electrons. The number of hydrogen-bond acceptors (Lipinski definition) is 2. The van der Waals surface area contributed by atoms with Gasteiger partial charge in [-0.15, -0.1) is 0 Å². The zero-order valence-electron chi connectivity index (χ0n) is 13.8. The Morgan fingerprint density at radius 1 is 1.05 bits per heavy atom. The second-order valence-electron chi connectivity index (χ2n) is 7.38. The van der Waals surface area contributed by atoms with E-state index in [0.29, 0.717) is 12.1 Å². The van der Waals surface area contributed by atoms with Crippen LogP contribution in [0.5, 0.6) is 0 Å². The number of benzene rings is 1. The largest absolute Gasteiger partial charge is 0.307 e. The van der Waals surface area contributed by atoms with E-state index in [0.717, 1.165) is 31.0 Å². The molecule has 0 spiro atoms. The van der Waals surface area contributed by atoms with Crippen LogP contribution in [0, 0.1) is 11.8 Å². The van der Waals surface area contributed by atoms with Gasteiger partial charge in [-0.25, -0.2) is 0 Å². The lowest BCUT2D eigenvalue weighted by Crippen LogP contribution is -2.57. The summed E-state index contributed by atoms with van der Waals surface area (Å²) in [6, 6.07) is 12.9. The quantitative estimate of drug-likeness (QED) is 0.888. The molecule has 3 rings (SSSR count). The maximum Gasteiger partial charge on any atom is 0.0450 e. The highest BCUT2D eigenvalue weighted by Crippen LogP contribution is 2.34. The van der Waals surface area contributed by atoms with E-state index in [-0.39, 0.29) is 0 Å². The Bertz CT molecular complexity index is 444. The van der Waals surface area contributed by atoms with Crippen molar-refractivity contribution >= 4 is 0 Å². The van der Waals surface area contributed by atoms with Crippen LogP contribution in [0.25, 0.3) is 0 Å². The number of nitrogens with one attached hydrogen (secondary N) is 1. The van der Waals surface area contributed by atoms with Gasteiger partial charge in [-0.2, -0.15) is 0 Å². The second-order valence-corrected chi connectivity index (χ2v) is 7.38. The smallest absolute Gasteiger partial charge is 0.0450 e. The molecule has 5 unspecified atom stereocenters. The first-order valence-corrected chi connectivity index (χ1v) is 8.69. The van der Waals surface area contributed by atoms with Crippen LogP contribution in [0.1, 0.15) is 51.6 Å². The van der Waals surface area contributed by atoms with Gasteiger partial charge in [-0.1, -0.05) is 44.2 Å². The number of rotatable bonds is 2. The van der Waals surface area contributed by atoms with Gasteiger partial charge in [0, 0.05) is 31.2 Å². The molecule has 2 aliphatic rings. The van der Waals surface area contributed by atoms with Crippen molar-refractivity contribution in [2.75, 3.05) is 13.1 Å². The summed E-state index contributed by atoms with van der Waals surface area (Å²) in [6.45, 7) is 9.54. The highest BCUT2D eigenvalue weighted by Gasteiger charge is 2.36. The van der Waals surface area contributed by atoms with Gasteiger partial charge in [0.1, 0.15) is 0 Å². The number of nitrogens with zero attached hydrogens (tertiary/aromatic N) is 1. The predicted molar refractivity (Wildman–Crippen MR) is 89.3 cm³/mol. The van der Waals surface area contributed by atoms with Crippen LogP contribution < -0.4 is 5.32 Å². The fourth-order valence-electron chi connectivity index (χ4n) is 4.40. The fourth-order valence-corrected chi connectivity index (χ4v) is 4.40. The first-order chi connectivity index (χ1) is 10.1. The molecule has 2 nitrogen and oxygen atoms in total. The SMILES string of the molecule is CC1CCC(N2CC(c3ccccc3)NCC2C)C(C)C1. The molecular weight excluding hydrogens is 256 g/mol. The van der Waals surface area contributed by atoms with Crippen LogP contribution in [0.4, 0.5) is 0 Å². The van der Waals surface area contributed by atoms with Crippen LogP contribution in [0.15, 0.2) is 30.3 Å². The molecule has 1 aromatic rings. The molecule has 21 heavy (non-hydrogen) atoms. The summed E-state index contributed by atoms with van der Waals surface area (Å²) >= 11 is 0. The van der Waals surface area contributed by atoms with Gasteiger partial charge >= 0.3 is 0 Å². The zero-order chi connectivity index (χ0) is 14.8. The normalized spacial score (nSPS) is 38.3. The van der Waals surface area contributed by atoms with E-state index in [1.165, 1.54) is 24.8 Å². The number of hydrogen-bond donors (Lipinski definition) is 1. The summed E-state index contributed by atoms with van der Waals surface area (Å²) in [7, 11) is 0. The summed E-state index contributed by atoms with van der Waals surface area (Å²) < 4.78 is 0. The standard InChI is InChI=1S/C19H30N2/c1-14-9-10-19(15(2)11-14)21-13-18(20-12-16(21)3)17-7-5-4-6-8-17/h4-8,14-16,18-20H,9-13H2,1-3H3. The Balaban J connectivity index is 1.72. The summed E-state index contributed by atoms with van der Waals surface area (Å²) in [4.78, 5) is 2.80. The third kappa shape index (κ3) is 3.32. The Kier molecular flexibility index (Phi) is 4.66. The van der Waals surface area contributed by atoms with E-state index in [9.17, 15) is 0 Å². The van der Waals surface area contributed by atoms with Crippen LogP contribution in [-0.4, -0.2) is 30.1 Å². The minimum atomic E-state index is 0.494. The van der Waals surface area contributed by atoms with E-state index in [4.69, 9.17) is 0 Å². The van der Waals surface area contributed by atoms with Gasteiger partial charge in [0.25, 0.3) is 0 Å². The Morgan fingerprint density at radius 2 is 1.81 bits per heavy atom. The second kappa shape index (κ2) is 6.50. The average Bonchev–Trinajstić information content (AvgIpc) is 2.49.